The number of rotatable bonds is 4. The van der Waals surface area contributed by atoms with Crippen LogP contribution in [0.15, 0.2) is 24.3 Å². The Balaban J connectivity index is 2.55. The van der Waals surface area contributed by atoms with Crippen LogP contribution in [-0.2, 0) is 0 Å². The molecule has 2 rings (SSSR count). The molecule has 0 fully saturated rings. The van der Waals surface area contributed by atoms with Crippen molar-refractivity contribution in [2.45, 2.75) is 20.3 Å². The first-order valence-electron chi connectivity index (χ1n) is 6.30. The van der Waals surface area contributed by atoms with Gasteiger partial charge < -0.3 is 10.6 Å². The average molecular weight is 265 g/mol. The van der Waals surface area contributed by atoms with Crippen molar-refractivity contribution in [3.63, 3.8) is 0 Å². The van der Waals surface area contributed by atoms with Gasteiger partial charge in [0.1, 0.15) is 5.69 Å². The van der Waals surface area contributed by atoms with Gasteiger partial charge in [0.15, 0.2) is 0 Å². The molecule has 0 amide bonds. The van der Waals surface area contributed by atoms with E-state index in [2.05, 4.69) is 23.7 Å². The first-order valence-corrected chi connectivity index (χ1v) is 6.30. The lowest BCUT2D eigenvalue weighted by atomic mass is 10.1. The predicted octanol–water partition coefficient (Wildman–Crippen LogP) is 3.60. The summed E-state index contributed by atoms with van der Waals surface area (Å²) in [5, 5.41) is 0.716. The molecule has 0 atom stereocenters. The van der Waals surface area contributed by atoms with E-state index in [4.69, 9.17) is 5.73 Å². The largest absolute Gasteiger partial charge is 0.398 e. The summed E-state index contributed by atoms with van der Waals surface area (Å²) < 4.78 is 25.3. The first-order chi connectivity index (χ1) is 9.06. The van der Waals surface area contributed by atoms with Crippen LogP contribution >= 0.6 is 0 Å². The summed E-state index contributed by atoms with van der Waals surface area (Å²) in [6.45, 7) is 5.89. The highest BCUT2D eigenvalue weighted by atomic mass is 19.3. The number of pyridine rings is 1. The third-order valence-electron chi connectivity index (χ3n) is 3.20. The molecule has 0 saturated carbocycles. The molecule has 5 heteroatoms. The van der Waals surface area contributed by atoms with E-state index in [1.807, 2.05) is 12.1 Å². The Morgan fingerprint density at radius 1 is 1.21 bits per heavy atom. The Kier molecular flexibility index (Phi) is 3.83. The van der Waals surface area contributed by atoms with Gasteiger partial charge in [0.25, 0.3) is 6.43 Å². The van der Waals surface area contributed by atoms with Crippen molar-refractivity contribution < 1.29 is 8.78 Å². The van der Waals surface area contributed by atoms with Crippen LogP contribution in [0, 0.1) is 0 Å². The summed E-state index contributed by atoms with van der Waals surface area (Å²) >= 11 is 0. The van der Waals surface area contributed by atoms with Gasteiger partial charge in [0.2, 0.25) is 0 Å². The van der Waals surface area contributed by atoms with E-state index in [1.54, 1.807) is 6.07 Å². The van der Waals surface area contributed by atoms with E-state index < -0.39 is 6.43 Å². The van der Waals surface area contributed by atoms with Gasteiger partial charge in [-0.05, 0) is 38.1 Å². The molecule has 0 aliphatic carbocycles. The minimum absolute atomic E-state index is 0.277. The minimum atomic E-state index is -2.60. The predicted molar refractivity (Wildman–Crippen MR) is 74.7 cm³/mol. The molecule has 0 unspecified atom stereocenters. The summed E-state index contributed by atoms with van der Waals surface area (Å²) in [5.41, 5.74) is 7.45. The van der Waals surface area contributed by atoms with Crippen LogP contribution in [0.25, 0.3) is 10.9 Å². The van der Waals surface area contributed by atoms with E-state index in [0.29, 0.717) is 16.6 Å². The molecule has 0 radical (unpaired) electrons. The van der Waals surface area contributed by atoms with Crippen LogP contribution < -0.4 is 10.6 Å². The summed E-state index contributed by atoms with van der Waals surface area (Å²) in [4.78, 5) is 6.11. The fourth-order valence-corrected chi connectivity index (χ4v) is 2.16. The summed E-state index contributed by atoms with van der Waals surface area (Å²) in [7, 11) is 0. The van der Waals surface area contributed by atoms with Crippen molar-refractivity contribution in [3.8, 4) is 0 Å². The van der Waals surface area contributed by atoms with Crippen molar-refractivity contribution in [2.24, 2.45) is 0 Å². The number of benzene rings is 1. The fraction of sp³-hybridized carbons (Fsp3) is 0.357. The average Bonchev–Trinajstić information content (AvgIpc) is 2.40. The normalized spacial score (nSPS) is 11.2. The molecular weight excluding hydrogens is 248 g/mol. The molecule has 19 heavy (non-hydrogen) atoms. The van der Waals surface area contributed by atoms with Crippen molar-refractivity contribution in [2.75, 3.05) is 23.7 Å². The molecule has 3 nitrogen and oxygen atoms in total. The Hall–Kier alpha value is -1.91. The summed E-state index contributed by atoms with van der Waals surface area (Å²) in [6.07, 6.45) is -2.60. The number of aromatic nitrogens is 1. The third kappa shape index (κ3) is 2.59. The number of nitrogens with two attached hydrogens (primary N) is 1. The second kappa shape index (κ2) is 5.38. The second-order valence-electron chi connectivity index (χ2n) is 4.31. The molecule has 2 N–H and O–H groups in total. The molecule has 0 aliphatic heterocycles. The van der Waals surface area contributed by atoms with E-state index >= 15 is 0 Å². The molecule has 2 aromatic rings. The number of halogens is 2. The second-order valence-corrected chi connectivity index (χ2v) is 4.31. The Morgan fingerprint density at radius 3 is 2.47 bits per heavy atom. The zero-order chi connectivity index (χ0) is 14.0. The van der Waals surface area contributed by atoms with Gasteiger partial charge in [0, 0.05) is 29.9 Å². The lowest BCUT2D eigenvalue weighted by Gasteiger charge is -2.21. The molecule has 0 aliphatic rings. The Bertz CT molecular complexity index is 580. The Morgan fingerprint density at radius 2 is 1.89 bits per heavy atom. The van der Waals surface area contributed by atoms with Crippen LogP contribution in [-0.4, -0.2) is 18.1 Å². The van der Waals surface area contributed by atoms with Crippen molar-refractivity contribution in [1.82, 2.24) is 4.98 Å². The van der Waals surface area contributed by atoms with Gasteiger partial charge >= 0.3 is 0 Å². The highest BCUT2D eigenvalue weighted by Crippen LogP contribution is 2.29. The van der Waals surface area contributed by atoms with Crippen molar-refractivity contribution in [1.29, 1.82) is 0 Å². The van der Waals surface area contributed by atoms with Crippen LogP contribution in [0.2, 0.25) is 0 Å². The van der Waals surface area contributed by atoms with Gasteiger partial charge in [-0.15, -0.1) is 0 Å². The lowest BCUT2D eigenvalue weighted by molar-refractivity contribution is 0.146. The molecule has 1 aromatic heterocycles. The number of alkyl halides is 2. The maximum Gasteiger partial charge on any atom is 0.280 e. The molecule has 0 bridgehead atoms. The number of anilines is 2. The van der Waals surface area contributed by atoms with Gasteiger partial charge in [-0.2, -0.15) is 0 Å². The van der Waals surface area contributed by atoms with Crippen LogP contribution in [0.4, 0.5) is 20.2 Å². The van der Waals surface area contributed by atoms with Gasteiger partial charge in [-0.25, -0.2) is 13.8 Å². The molecule has 102 valence electrons. The minimum Gasteiger partial charge on any atom is -0.398 e. The molecule has 0 saturated heterocycles. The van der Waals surface area contributed by atoms with E-state index in [0.717, 1.165) is 18.8 Å². The first kappa shape index (κ1) is 13.5. The molecule has 1 heterocycles. The quantitative estimate of drug-likeness (QED) is 0.918. The van der Waals surface area contributed by atoms with Gasteiger partial charge in [-0.3, -0.25) is 0 Å². The standard InChI is InChI=1S/C14H17F2N3/c1-3-19(4-2)9-5-6-12-10(7-9)11(17)8-13(18-12)14(15)16/h5-8,14H,3-4H2,1-2H3,(H2,17,18). The SMILES string of the molecule is CCN(CC)c1ccc2nc(C(F)F)cc(N)c2c1. The highest BCUT2D eigenvalue weighted by Gasteiger charge is 2.13. The van der Waals surface area contributed by atoms with Crippen LogP contribution in [0.3, 0.4) is 0 Å². The number of hydrogen-bond donors (Lipinski definition) is 1. The Labute approximate surface area is 111 Å². The maximum absolute atomic E-state index is 12.7. The van der Waals surface area contributed by atoms with E-state index in [1.165, 1.54) is 6.07 Å². The van der Waals surface area contributed by atoms with Gasteiger partial charge in [0.05, 0.1) is 5.52 Å². The molecule has 0 spiro atoms. The van der Waals surface area contributed by atoms with Crippen LogP contribution in [0.1, 0.15) is 26.0 Å². The number of hydrogen-bond acceptors (Lipinski definition) is 3. The van der Waals surface area contributed by atoms with E-state index in [9.17, 15) is 8.78 Å². The summed E-state index contributed by atoms with van der Waals surface area (Å²) in [6, 6.07) is 6.78. The topological polar surface area (TPSA) is 42.2 Å². The van der Waals surface area contributed by atoms with Crippen LogP contribution in [0.5, 0.6) is 0 Å². The zero-order valence-corrected chi connectivity index (χ0v) is 11.0. The van der Waals surface area contributed by atoms with Crippen molar-refractivity contribution >= 4 is 22.3 Å². The molecule has 1 aromatic carbocycles. The monoisotopic (exact) mass is 265 g/mol. The number of fused-ring (bicyclic) bond motifs is 1. The van der Waals surface area contributed by atoms with Crippen molar-refractivity contribution in [3.05, 3.63) is 30.0 Å². The highest BCUT2D eigenvalue weighted by molar-refractivity contribution is 5.92. The van der Waals surface area contributed by atoms with E-state index in [-0.39, 0.29) is 5.69 Å². The fourth-order valence-electron chi connectivity index (χ4n) is 2.16. The molecular formula is C14H17F2N3. The third-order valence-corrected chi connectivity index (χ3v) is 3.20. The smallest absolute Gasteiger partial charge is 0.280 e. The number of nitrogen functional groups attached to an aromatic ring is 1. The lowest BCUT2D eigenvalue weighted by Crippen LogP contribution is -2.21. The van der Waals surface area contributed by atoms with Gasteiger partial charge in [-0.1, -0.05) is 0 Å². The maximum atomic E-state index is 12.7. The summed E-state index contributed by atoms with van der Waals surface area (Å²) in [5.74, 6) is 0. The zero-order valence-electron chi connectivity index (χ0n) is 11.0. The number of nitrogens with zero attached hydrogens (tertiary/aromatic N) is 2.